The number of hydrogen-bond donors (Lipinski definition) is 2. The lowest BCUT2D eigenvalue weighted by Gasteiger charge is -2.22. The van der Waals surface area contributed by atoms with Crippen LogP contribution < -0.4 is 4.74 Å². The fraction of sp³-hybridized carbons (Fsp3) is 0.500. The van der Waals surface area contributed by atoms with Gasteiger partial charge >= 0.3 is 0 Å². The predicted molar refractivity (Wildman–Crippen MR) is 71.9 cm³/mol. The number of aliphatic hydroxyl groups excluding tert-OH is 2. The molecule has 1 atom stereocenters. The third-order valence-electron chi connectivity index (χ3n) is 2.77. The Morgan fingerprint density at radius 1 is 1.42 bits per heavy atom. The summed E-state index contributed by atoms with van der Waals surface area (Å²) in [7, 11) is 0. The predicted octanol–water partition coefficient (Wildman–Crippen LogP) is 0.612. The first kappa shape index (κ1) is 15.4. The van der Waals surface area contributed by atoms with Crippen LogP contribution in [0.15, 0.2) is 24.3 Å². The number of nitrogens with zero attached hydrogens (tertiary/aromatic N) is 2. The van der Waals surface area contributed by atoms with E-state index in [9.17, 15) is 5.11 Å². The van der Waals surface area contributed by atoms with Crippen molar-refractivity contribution in [2.45, 2.75) is 13.0 Å². The monoisotopic (exact) mass is 264 g/mol. The lowest BCUT2D eigenvalue weighted by molar-refractivity contribution is 0.0637. The summed E-state index contributed by atoms with van der Waals surface area (Å²) in [4.78, 5) is 1.93. The fourth-order valence-electron chi connectivity index (χ4n) is 1.74. The molecule has 0 spiro atoms. The molecule has 1 aromatic carbocycles. The van der Waals surface area contributed by atoms with Crippen molar-refractivity contribution in [1.82, 2.24) is 4.90 Å². The molecular formula is C14H20N2O3. The standard InChI is InChI=1S/C14H20N2O3/c1-2-16(7-8-17)10-13(18)11-19-14-6-4-3-5-12(14)9-15/h3-6,13,17-18H,2,7-8,10-11H2,1H3. The Morgan fingerprint density at radius 3 is 2.79 bits per heavy atom. The summed E-state index contributed by atoms with van der Waals surface area (Å²) in [6, 6.07) is 8.97. The molecule has 0 saturated carbocycles. The first-order valence-electron chi connectivity index (χ1n) is 6.34. The minimum absolute atomic E-state index is 0.0681. The maximum atomic E-state index is 9.87. The van der Waals surface area contributed by atoms with E-state index in [-0.39, 0.29) is 13.2 Å². The van der Waals surface area contributed by atoms with Gasteiger partial charge in [-0.2, -0.15) is 5.26 Å². The molecule has 0 saturated heterocycles. The molecule has 0 bridgehead atoms. The van der Waals surface area contributed by atoms with E-state index in [1.54, 1.807) is 24.3 Å². The third-order valence-corrected chi connectivity index (χ3v) is 2.77. The summed E-state index contributed by atoms with van der Waals surface area (Å²) in [6.45, 7) is 3.88. The Hall–Kier alpha value is -1.61. The van der Waals surface area contributed by atoms with Crippen LogP contribution >= 0.6 is 0 Å². The van der Waals surface area contributed by atoms with E-state index in [1.807, 2.05) is 17.9 Å². The smallest absolute Gasteiger partial charge is 0.137 e. The van der Waals surface area contributed by atoms with E-state index in [1.165, 1.54) is 0 Å². The van der Waals surface area contributed by atoms with E-state index in [0.717, 1.165) is 6.54 Å². The summed E-state index contributed by atoms with van der Waals surface area (Å²) < 4.78 is 5.45. The average molecular weight is 264 g/mol. The van der Waals surface area contributed by atoms with Gasteiger partial charge in [-0.25, -0.2) is 0 Å². The summed E-state index contributed by atoms with van der Waals surface area (Å²) in [6.07, 6.45) is -0.654. The number of likely N-dealkylation sites (N-methyl/N-ethyl adjacent to an activating group) is 1. The zero-order chi connectivity index (χ0) is 14.1. The van der Waals surface area contributed by atoms with Crippen molar-refractivity contribution in [3.8, 4) is 11.8 Å². The summed E-state index contributed by atoms with van der Waals surface area (Å²) in [5, 5.41) is 27.6. The molecule has 2 N–H and O–H groups in total. The first-order chi connectivity index (χ1) is 9.21. The minimum Gasteiger partial charge on any atom is -0.489 e. The van der Waals surface area contributed by atoms with Gasteiger partial charge in [0.2, 0.25) is 0 Å². The number of benzene rings is 1. The van der Waals surface area contributed by atoms with Crippen molar-refractivity contribution < 1.29 is 14.9 Å². The van der Waals surface area contributed by atoms with Gasteiger partial charge in [-0.1, -0.05) is 19.1 Å². The second-order valence-electron chi connectivity index (χ2n) is 4.19. The maximum Gasteiger partial charge on any atom is 0.137 e. The number of para-hydroxylation sites is 1. The highest BCUT2D eigenvalue weighted by atomic mass is 16.5. The molecule has 0 heterocycles. The molecule has 5 heteroatoms. The second kappa shape index (κ2) is 8.48. The second-order valence-corrected chi connectivity index (χ2v) is 4.19. The van der Waals surface area contributed by atoms with Crippen LogP contribution in [0.1, 0.15) is 12.5 Å². The van der Waals surface area contributed by atoms with Crippen LogP contribution in [0.3, 0.4) is 0 Å². The van der Waals surface area contributed by atoms with Crippen molar-refractivity contribution in [1.29, 1.82) is 5.26 Å². The van der Waals surface area contributed by atoms with E-state index in [2.05, 4.69) is 0 Å². The van der Waals surface area contributed by atoms with Gasteiger partial charge in [0.05, 0.1) is 12.2 Å². The summed E-state index contributed by atoms with van der Waals surface area (Å²) >= 11 is 0. The average Bonchev–Trinajstić information content (AvgIpc) is 2.44. The molecule has 0 aliphatic rings. The quantitative estimate of drug-likeness (QED) is 0.719. The maximum absolute atomic E-state index is 9.87. The summed E-state index contributed by atoms with van der Waals surface area (Å²) in [5.74, 6) is 0.481. The highest BCUT2D eigenvalue weighted by Crippen LogP contribution is 2.16. The van der Waals surface area contributed by atoms with Crippen LogP contribution in [0.25, 0.3) is 0 Å². The van der Waals surface area contributed by atoms with Crippen LogP contribution in [0.2, 0.25) is 0 Å². The number of aliphatic hydroxyl groups is 2. The molecule has 0 aliphatic carbocycles. The van der Waals surface area contributed by atoms with Gasteiger partial charge < -0.3 is 14.9 Å². The molecule has 5 nitrogen and oxygen atoms in total. The Morgan fingerprint density at radius 2 is 2.16 bits per heavy atom. The highest BCUT2D eigenvalue weighted by molar-refractivity contribution is 5.42. The molecule has 0 aromatic heterocycles. The first-order valence-corrected chi connectivity index (χ1v) is 6.34. The van der Waals surface area contributed by atoms with Crippen LogP contribution in [-0.4, -0.2) is 54.1 Å². The zero-order valence-electron chi connectivity index (χ0n) is 11.1. The van der Waals surface area contributed by atoms with Gasteiger partial charge in [0.25, 0.3) is 0 Å². The molecule has 0 amide bonds. The highest BCUT2D eigenvalue weighted by Gasteiger charge is 2.11. The molecule has 1 aromatic rings. The number of nitriles is 1. The lowest BCUT2D eigenvalue weighted by Crippen LogP contribution is -2.37. The van der Waals surface area contributed by atoms with Gasteiger partial charge in [-0.15, -0.1) is 0 Å². The zero-order valence-corrected chi connectivity index (χ0v) is 11.1. The fourth-order valence-corrected chi connectivity index (χ4v) is 1.74. The normalized spacial score (nSPS) is 12.2. The third kappa shape index (κ3) is 5.26. The molecule has 1 rings (SSSR count). The number of hydrogen-bond acceptors (Lipinski definition) is 5. The SMILES string of the molecule is CCN(CCO)CC(O)COc1ccccc1C#N. The van der Waals surface area contributed by atoms with Crippen LogP contribution in [0.5, 0.6) is 5.75 Å². The summed E-state index contributed by atoms with van der Waals surface area (Å²) in [5.41, 5.74) is 0.456. The molecule has 0 aliphatic heterocycles. The van der Waals surface area contributed by atoms with Crippen molar-refractivity contribution in [2.75, 3.05) is 32.8 Å². The molecule has 104 valence electrons. The van der Waals surface area contributed by atoms with E-state index < -0.39 is 6.10 Å². The van der Waals surface area contributed by atoms with Crippen molar-refractivity contribution >= 4 is 0 Å². The van der Waals surface area contributed by atoms with Gasteiger partial charge in [0, 0.05) is 13.1 Å². The Bertz CT molecular complexity index is 417. The van der Waals surface area contributed by atoms with Crippen LogP contribution in [-0.2, 0) is 0 Å². The number of rotatable bonds is 8. The van der Waals surface area contributed by atoms with Gasteiger partial charge in [0.1, 0.15) is 24.5 Å². The Labute approximate surface area is 113 Å². The van der Waals surface area contributed by atoms with E-state index >= 15 is 0 Å². The van der Waals surface area contributed by atoms with E-state index in [0.29, 0.717) is 24.4 Å². The minimum atomic E-state index is -0.654. The number of ether oxygens (including phenoxy) is 1. The molecule has 1 unspecified atom stereocenters. The van der Waals surface area contributed by atoms with Crippen molar-refractivity contribution in [3.63, 3.8) is 0 Å². The van der Waals surface area contributed by atoms with Crippen LogP contribution in [0.4, 0.5) is 0 Å². The largest absolute Gasteiger partial charge is 0.489 e. The van der Waals surface area contributed by atoms with E-state index in [4.69, 9.17) is 15.1 Å². The molecule has 19 heavy (non-hydrogen) atoms. The molecule has 0 fully saturated rings. The van der Waals surface area contributed by atoms with Crippen molar-refractivity contribution in [3.05, 3.63) is 29.8 Å². The van der Waals surface area contributed by atoms with Gasteiger partial charge in [0.15, 0.2) is 0 Å². The van der Waals surface area contributed by atoms with Crippen molar-refractivity contribution in [2.24, 2.45) is 0 Å². The van der Waals surface area contributed by atoms with Crippen LogP contribution in [0, 0.1) is 11.3 Å². The lowest BCUT2D eigenvalue weighted by atomic mass is 10.2. The Balaban J connectivity index is 2.45. The molecular weight excluding hydrogens is 244 g/mol. The van der Waals surface area contributed by atoms with Gasteiger partial charge in [-0.05, 0) is 18.7 Å². The molecule has 0 radical (unpaired) electrons. The topological polar surface area (TPSA) is 76.7 Å². The Kier molecular flexibility index (Phi) is 6.90. The van der Waals surface area contributed by atoms with Gasteiger partial charge in [-0.3, -0.25) is 4.90 Å².